The minimum atomic E-state index is -3.68. The van der Waals surface area contributed by atoms with Crippen molar-refractivity contribution >= 4 is 21.6 Å². The Balaban J connectivity index is 1.86. The molecule has 168 valence electrons. The zero-order chi connectivity index (χ0) is 22.4. The van der Waals surface area contributed by atoms with Crippen molar-refractivity contribution in [2.75, 3.05) is 30.3 Å². The quantitative estimate of drug-likeness (QED) is 0.635. The fourth-order valence-electron chi connectivity index (χ4n) is 3.42. The van der Waals surface area contributed by atoms with Crippen LogP contribution in [0.1, 0.15) is 35.7 Å². The molecule has 0 aromatic heterocycles. The third-order valence-corrected chi connectivity index (χ3v) is 6.11. The van der Waals surface area contributed by atoms with Gasteiger partial charge in [0.15, 0.2) is 0 Å². The molecule has 1 fully saturated rings. The molecule has 9 heteroatoms. The second kappa shape index (κ2) is 10.1. The Morgan fingerprint density at radius 1 is 1.26 bits per heavy atom. The first-order valence-electron chi connectivity index (χ1n) is 10.2. The van der Waals surface area contributed by atoms with E-state index in [2.05, 4.69) is 5.32 Å². The molecule has 0 aliphatic carbocycles. The Morgan fingerprint density at radius 3 is 2.61 bits per heavy atom. The maximum absolute atomic E-state index is 13.3. The lowest BCUT2D eigenvalue weighted by Crippen LogP contribution is -2.32. The first-order chi connectivity index (χ1) is 14.8. The number of hydrogen-bond acceptors (Lipinski definition) is 5. The van der Waals surface area contributed by atoms with Crippen LogP contribution in [0.2, 0.25) is 0 Å². The summed E-state index contributed by atoms with van der Waals surface area (Å²) >= 11 is 0. The maximum Gasteiger partial charge on any atom is 0.251 e. The van der Waals surface area contributed by atoms with Crippen LogP contribution in [0.25, 0.3) is 0 Å². The predicted octanol–water partition coefficient (Wildman–Crippen LogP) is 3.10. The van der Waals surface area contributed by atoms with Crippen LogP contribution in [0.4, 0.5) is 10.1 Å². The van der Waals surface area contributed by atoms with Crippen molar-refractivity contribution in [1.29, 1.82) is 0 Å². The predicted molar refractivity (Wildman–Crippen MR) is 116 cm³/mol. The van der Waals surface area contributed by atoms with Gasteiger partial charge in [-0.1, -0.05) is 0 Å². The normalized spacial score (nSPS) is 16.2. The van der Waals surface area contributed by atoms with Gasteiger partial charge in [-0.15, -0.1) is 0 Å². The first-order valence-corrected chi connectivity index (χ1v) is 12.0. The largest absolute Gasteiger partial charge is 0.494 e. The van der Waals surface area contributed by atoms with Crippen LogP contribution in [0.15, 0.2) is 42.5 Å². The number of anilines is 1. The Hall–Kier alpha value is -2.65. The van der Waals surface area contributed by atoms with Crippen molar-refractivity contribution in [2.45, 2.75) is 32.4 Å². The number of hydrogen-bond donors (Lipinski definition) is 1. The van der Waals surface area contributed by atoms with E-state index < -0.39 is 15.8 Å². The van der Waals surface area contributed by atoms with E-state index in [1.54, 1.807) is 18.2 Å². The van der Waals surface area contributed by atoms with Gasteiger partial charge in [-0.05, 0) is 62.2 Å². The number of rotatable bonds is 9. The van der Waals surface area contributed by atoms with Crippen LogP contribution in [0.5, 0.6) is 5.75 Å². The maximum atomic E-state index is 13.3. The van der Waals surface area contributed by atoms with Gasteiger partial charge < -0.3 is 14.8 Å². The molecule has 1 amide bonds. The average Bonchev–Trinajstić information content (AvgIpc) is 3.25. The van der Waals surface area contributed by atoms with Gasteiger partial charge in [0.1, 0.15) is 11.6 Å². The lowest BCUT2D eigenvalue weighted by Gasteiger charge is -2.24. The van der Waals surface area contributed by atoms with Crippen LogP contribution in [0.3, 0.4) is 0 Å². The summed E-state index contributed by atoms with van der Waals surface area (Å²) in [5, 5.41) is 2.86. The van der Waals surface area contributed by atoms with Gasteiger partial charge in [0.05, 0.1) is 31.2 Å². The monoisotopic (exact) mass is 450 g/mol. The topological polar surface area (TPSA) is 84.9 Å². The van der Waals surface area contributed by atoms with Crippen molar-refractivity contribution in [3.05, 3.63) is 59.4 Å². The zero-order valence-electron chi connectivity index (χ0n) is 17.6. The highest BCUT2D eigenvalue weighted by Gasteiger charge is 2.22. The van der Waals surface area contributed by atoms with Gasteiger partial charge in [-0.25, -0.2) is 12.8 Å². The van der Waals surface area contributed by atoms with E-state index in [4.69, 9.17) is 9.47 Å². The highest BCUT2D eigenvalue weighted by Crippen LogP contribution is 2.27. The molecule has 1 aliphatic heterocycles. The van der Waals surface area contributed by atoms with Crippen molar-refractivity contribution < 1.29 is 27.1 Å². The van der Waals surface area contributed by atoms with Gasteiger partial charge in [-0.3, -0.25) is 9.10 Å². The minimum Gasteiger partial charge on any atom is -0.494 e. The number of amides is 1. The molecule has 3 rings (SSSR count). The molecule has 1 unspecified atom stereocenters. The average molecular weight is 451 g/mol. The summed E-state index contributed by atoms with van der Waals surface area (Å²) in [6, 6.07) is 10.1. The number of nitrogens with zero attached hydrogens (tertiary/aromatic N) is 1. The molecule has 0 radical (unpaired) electrons. The standard InChI is InChI=1S/C22H27FN2O5S/c1-3-29-21-11-6-16(22(26)24-14-20-5-4-12-30-20)13-17(21)15-25(31(2,27)28)19-9-7-18(23)8-10-19/h6-11,13,20H,3-5,12,14-15H2,1-2H3,(H,24,26). The van der Waals surface area contributed by atoms with E-state index in [1.807, 2.05) is 6.92 Å². The number of nitrogens with one attached hydrogen (secondary N) is 1. The Morgan fingerprint density at radius 2 is 2.00 bits per heavy atom. The number of benzene rings is 2. The molecule has 1 aliphatic rings. The molecule has 31 heavy (non-hydrogen) atoms. The molecule has 0 saturated carbocycles. The third kappa shape index (κ3) is 6.18. The highest BCUT2D eigenvalue weighted by molar-refractivity contribution is 7.92. The van der Waals surface area contributed by atoms with Gasteiger partial charge in [0.2, 0.25) is 10.0 Å². The number of carbonyl (C=O) groups excluding carboxylic acids is 1. The second-order valence-corrected chi connectivity index (χ2v) is 9.25. The summed E-state index contributed by atoms with van der Waals surface area (Å²) in [5.74, 6) is -0.251. The van der Waals surface area contributed by atoms with Gasteiger partial charge >= 0.3 is 0 Å². The number of carbonyl (C=O) groups is 1. The molecule has 2 aromatic carbocycles. The van der Waals surface area contributed by atoms with Crippen molar-refractivity contribution in [3.63, 3.8) is 0 Å². The van der Waals surface area contributed by atoms with E-state index in [9.17, 15) is 17.6 Å². The fraction of sp³-hybridized carbons (Fsp3) is 0.409. The zero-order valence-corrected chi connectivity index (χ0v) is 18.5. The molecule has 1 saturated heterocycles. The van der Waals surface area contributed by atoms with Gasteiger partial charge in [0.25, 0.3) is 5.91 Å². The number of ether oxygens (including phenoxy) is 2. The summed E-state index contributed by atoms with van der Waals surface area (Å²) in [6.45, 7) is 3.27. The molecule has 0 spiro atoms. The van der Waals surface area contributed by atoms with Crippen LogP contribution in [0, 0.1) is 5.82 Å². The van der Waals surface area contributed by atoms with Crippen LogP contribution >= 0.6 is 0 Å². The first kappa shape index (κ1) is 23.0. The van der Waals surface area contributed by atoms with Gasteiger partial charge in [-0.2, -0.15) is 0 Å². The van der Waals surface area contributed by atoms with E-state index in [0.717, 1.165) is 23.4 Å². The summed E-state index contributed by atoms with van der Waals surface area (Å²) in [7, 11) is -3.68. The lowest BCUT2D eigenvalue weighted by molar-refractivity contribution is 0.0857. The summed E-state index contributed by atoms with van der Waals surface area (Å²) < 4.78 is 50.6. The fourth-order valence-corrected chi connectivity index (χ4v) is 4.29. The summed E-state index contributed by atoms with van der Waals surface area (Å²) in [5.41, 5.74) is 1.24. The molecule has 1 atom stereocenters. The second-order valence-electron chi connectivity index (χ2n) is 7.35. The van der Waals surface area contributed by atoms with Gasteiger partial charge in [0, 0.05) is 24.3 Å². The molecular formula is C22H27FN2O5S. The smallest absolute Gasteiger partial charge is 0.251 e. The molecule has 1 N–H and O–H groups in total. The Bertz CT molecular complexity index is 1010. The number of halogens is 1. The van der Waals surface area contributed by atoms with E-state index >= 15 is 0 Å². The van der Waals surface area contributed by atoms with Crippen LogP contribution in [-0.2, 0) is 21.3 Å². The van der Waals surface area contributed by atoms with E-state index in [-0.39, 0.29) is 18.6 Å². The lowest BCUT2D eigenvalue weighted by atomic mass is 10.1. The van der Waals surface area contributed by atoms with Crippen molar-refractivity contribution in [1.82, 2.24) is 5.32 Å². The van der Waals surface area contributed by atoms with Crippen LogP contribution < -0.4 is 14.4 Å². The molecule has 0 bridgehead atoms. The summed E-state index contributed by atoms with van der Waals surface area (Å²) in [6.07, 6.45) is 2.99. The highest BCUT2D eigenvalue weighted by atomic mass is 32.2. The molecule has 7 nitrogen and oxygen atoms in total. The third-order valence-electron chi connectivity index (χ3n) is 4.97. The van der Waals surface area contributed by atoms with Crippen LogP contribution in [-0.4, -0.2) is 46.4 Å². The molecule has 1 heterocycles. The minimum absolute atomic E-state index is 0.0188. The Kier molecular flexibility index (Phi) is 7.50. The van der Waals surface area contributed by atoms with Crippen molar-refractivity contribution in [2.24, 2.45) is 0 Å². The number of sulfonamides is 1. The van der Waals surface area contributed by atoms with E-state index in [0.29, 0.717) is 42.3 Å². The van der Waals surface area contributed by atoms with Crippen molar-refractivity contribution in [3.8, 4) is 5.75 Å². The molecular weight excluding hydrogens is 423 g/mol. The SMILES string of the molecule is CCOc1ccc(C(=O)NCC2CCCO2)cc1CN(c1ccc(F)cc1)S(C)(=O)=O. The Labute approximate surface area is 182 Å². The summed E-state index contributed by atoms with van der Waals surface area (Å²) in [4.78, 5) is 12.6. The van der Waals surface area contributed by atoms with E-state index in [1.165, 1.54) is 24.3 Å². The molecule has 2 aromatic rings.